The van der Waals surface area contributed by atoms with Gasteiger partial charge in [0.2, 0.25) is 0 Å². The summed E-state index contributed by atoms with van der Waals surface area (Å²) in [4.78, 5) is 0. The summed E-state index contributed by atoms with van der Waals surface area (Å²) < 4.78 is 12.3. The maximum Gasteiger partial charge on any atom is 0.160 e. The molecule has 1 heterocycles. The predicted octanol–water partition coefficient (Wildman–Crippen LogP) is 4.55. The molecule has 1 fully saturated rings. The van der Waals surface area contributed by atoms with E-state index in [2.05, 4.69) is 32.9 Å². The molecule has 0 aromatic carbocycles. The van der Waals surface area contributed by atoms with Crippen LogP contribution < -0.4 is 0 Å². The minimum absolute atomic E-state index is 0.0289. The first-order valence-corrected chi connectivity index (χ1v) is 8.09. The van der Waals surface area contributed by atoms with Crippen LogP contribution in [0.5, 0.6) is 0 Å². The molecule has 1 aliphatic heterocycles. The lowest BCUT2D eigenvalue weighted by Gasteiger charge is -2.43. The molecule has 0 bridgehead atoms. The highest BCUT2D eigenvalue weighted by atomic mass is 16.7. The third-order valence-corrected chi connectivity index (χ3v) is 5.08. The number of ether oxygens (including phenoxy) is 2. The minimum Gasteiger partial charge on any atom is -0.352 e. The van der Waals surface area contributed by atoms with Gasteiger partial charge in [-0.05, 0) is 31.6 Å². The van der Waals surface area contributed by atoms with E-state index in [1.807, 2.05) is 0 Å². The number of unbranched alkanes of at least 4 members (excludes halogenated alkanes) is 1. The summed E-state index contributed by atoms with van der Waals surface area (Å²) in [5.41, 5.74) is 0.278. The molecule has 0 aromatic heterocycles. The van der Waals surface area contributed by atoms with E-state index in [4.69, 9.17) is 9.47 Å². The van der Waals surface area contributed by atoms with Crippen LogP contribution in [0.2, 0.25) is 0 Å². The Morgan fingerprint density at radius 3 is 2.37 bits per heavy atom. The molecule has 0 spiro atoms. The van der Waals surface area contributed by atoms with E-state index < -0.39 is 0 Å². The topological polar surface area (TPSA) is 18.5 Å². The van der Waals surface area contributed by atoms with Crippen LogP contribution in [0.3, 0.4) is 0 Å². The summed E-state index contributed by atoms with van der Waals surface area (Å²) in [6.07, 6.45) is 11.8. The monoisotopic (exact) mass is 266 g/mol. The Hall–Kier alpha value is -0.340. The summed E-state index contributed by atoms with van der Waals surface area (Å²) in [6, 6.07) is 0. The highest BCUT2D eigenvalue weighted by Gasteiger charge is 2.39. The molecule has 1 aliphatic carbocycles. The van der Waals surface area contributed by atoms with Crippen molar-refractivity contribution >= 4 is 0 Å². The summed E-state index contributed by atoms with van der Waals surface area (Å²) >= 11 is 0. The van der Waals surface area contributed by atoms with Gasteiger partial charge in [0.25, 0.3) is 0 Å². The van der Waals surface area contributed by atoms with E-state index in [9.17, 15) is 0 Å². The average Bonchev–Trinajstić information content (AvgIpc) is 2.46. The highest BCUT2D eigenvalue weighted by Crippen LogP contribution is 2.38. The normalized spacial score (nSPS) is 39.4. The summed E-state index contributed by atoms with van der Waals surface area (Å²) in [6.45, 7) is 8.63. The number of rotatable bonds is 5. The first-order chi connectivity index (χ1) is 9.21. The van der Waals surface area contributed by atoms with Gasteiger partial charge in [-0.25, -0.2) is 0 Å². The second-order valence-corrected chi connectivity index (χ2v) is 6.53. The first kappa shape index (κ1) is 15.1. The van der Waals surface area contributed by atoms with Gasteiger partial charge in [0.1, 0.15) is 0 Å². The molecule has 2 atom stereocenters. The zero-order valence-electron chi connectivity index (χ0n) is 12.9. The van der Waals surface area contributed by atoms with Crippen molar-refractivity contribution in [2.45, 2.75) is 65.6 Å². The molecule has 2 unspecified atom stereocenters. The molecular formula is C17H30O2. The Labute approximate surface area is 118 Å². The van der Waals surface area contributed by atoms with Crippen LogP contribution in [-0.2, 0) is 9.47 Å². The minimum atomic E-state index is 0.0289. The van der Waals surface area contributed by atoms with Gasteiger partial charge in [0.15, 0.2) is 6.29 Å². The summed E-state index contributed by atoms with van der Waals surface area (Å²) in [7, 11) is 0. The van der Waals surface area contributed by atoms with Gasteiger partial charge in [-0.3, -0.25) is 0 Å². The maximum atomic E-state index is 6.14. The molecule has 0 saturated carbocycles. The van der Waals surface area contributed by atoms with Gasteiger partial charge in [-0.15, -0.1) is 0 Å². The molecular weight excluding hydrogens is 236 g/mol. The number of hydrogen-bond donors (Lipinski definition) is 0. The zero-order valence-corrected chi connectivity index (χ0v) is 12.9. The van der Waals surface area contributed by atoms with Crippen LogP contribution in [0, 0.1) is 17.3 Å². The van der Waals surface area contributed by atoms with Crippen molar-refractivity contribution in [2.24, 2.45) is 17.3 Å². The van der Waals surface area contributed by atoms with Crippen LogP contribution in [0.25, 0.3) is 0 Å². The standard InChI is InChI=1S/C17H30O2/c1-4-6-11-17(5-2)12-18-16(19-13-17)15-10-8-7-9-14(15)3/h7-8,14-16H,4-6,9-13H2,1-3H3. The van der Waals surface area contributed by atoms with E-state index in [0.29, 0.717) is 11.8 Å². The highest BCUT2D eigenvalue weighted by molar-refractivity contribution is 4.95. The van der Waals surface area contributed by atoms with Crippen molar-refractivity contribution in [3.63, 3.8) is 0 Å². The van der Waals surface area contributed by atoms with Gasteiger partial charge in [-0.1, -0.05) is 45.8 Å². The lowest BCUT2D eigenvalue weighted by Crippen LogP contribution is -2.45. The Kier molecular flexibility index (Phi) is 5.47. The molecule has 110 valence electrons. The first-order valence-electron chi connectivity index (χ1n) is 8.09. The molecule has 2 nitrogen and oxygen atoms in total. The molecule has 2 aliphatic rings. The largest absolute Gasteiger partial charge is 0.352 e. The average molecular weight is 266 g/mol. The summed E-state index contributed by atoms with van der Waals surface area (Å²) in [5, 5.41) is 0. The molecule has 19 heavy (non-hydrogen) atoms. The van der Waals surface area contributed by atoms with Crippen LogP contribution >= 0.6 is 0 Å². The quantitative estimate of drug-likeness (QED) is 0.680. The predicted molar refractivity (Wildman–Crippen MR) is 79.0 cm³/mol. The fraction of sp³-hybridized carbons (Fsp3) is 0.882. The van der Waals surface area contributed by atoms with Gasteiger partial charge < -0.3 is 9.47 Å². The van der Waals surface area contributed by atoms with Gasteiger partial charge in [-0.2, -0.15) is 0 Å². The zero-order chi connectivity index (χ0) is 13.7. The van der Waals surface area contributed by atoms with Gasteiger partial charge >= 0.3 is 0 Å². The fourth-order valence-corrected chi connectivity index (χ4v) is 3.28. The fourth-order valence-electron chi connectivity index (χ4n) is 3.28. The van der Waals surface area contributed by atoms with Gasteiger partial charge in [0.05, 0.1) is 13.2 Å². The van der Waals surface area contributed by atoms with Crippen LogP contribution in [0.4, 0.5) is 0 Å². The smallest absolute Gasteiger partial charge is 0.160 e. The number of allylic oxidation sites excluding steroid dienone is 2. The molecule has 2 heteroatoms. The molecule has 0 radical (unpaired) electrons. The Morgan fingerprint density at radius 2 is 1.79 bits per heavy atom. The molecule has 0 aromatic rings. The van der Waals surface area contributed by atoms with Crippen LogP contribution in [0.15, 0.2) is 12.2 Å². The van der Waals surface area contributed by atoms with Crippen molar-refractivity contribution in [3.05, 3.63) is 12.2 Å². The van der Waals surface area contributed by atoms with E-state index in [0.717, 1.165) is 19.6 Å². The van der Waals surface area contributed by atoms with Crippen LogP contribution in [0.1, 0.15) is 59.3 Å². The third-order valence-electron chi connectivity index (χ3n) is 5.08. The maximum absolute atomic E-state index is 6.14. The molecule has 0 amide bonds. The second-order valence-electron chi connectivity index (χ2n) is 6.53. The van der Waals surface area contributed by atoms with Crippen molar-refractivity contribution in [1.82, 2.24) is 0 Å². The van der Waals surface area contributed by atoms with E-state index in [1.165, 1.54) is 32.1 Å². The second kappa shape index (κ2) is 6.90. The van der Waals surface area contributed by atoms with Gasteiger partial charge in [0, 0.05) is 11.3 Å². The Bertz CT molecular complexity index is 290. The lowest BCUT2D eigenvalue weighted by molar-refractivity contribution is -0.258. The third kappa shape index (κ3) is 3.61. The van der Waals surface area contributed by atoms with Crippen LogP contribution in [-0.4, -0.2) is 19.5 Å². The molecule has 2 rings (SSSR count). The van der Waals surface area contributed by atoms with Crippen molar-refractivity contribution < 1.29 is 9.47 Å². The van der Waals surface area contributed by atoms with Crippen molar-refractivity contribution in [3.8, 4) is 0 Å². The van der Waals surface area contributed by atoms with E-state index in [1.54, 1.807) is 0 Å². The Morgan fingerprint density at radius 1 is 1.11 bits per heavy atom. The van der Waals surface area contributed by atoms with E-state index >= 15 is 0 Å². The number of hydrogen-bond acceptors (Lipinski definition) is 2. The lowest BCUT2D eigenvalue weighted by atomic mass is 9.79. The SMILES string of the molecule is CCCCC1(CC)COC(C2CC=CCC2C)OC1. The molecule has 0 N–H and O–H groups in total. The van der Waals surface area contributed by atoms with Crippen molar-refractivity contribution in [1.29, 1.82) is 0 Å². The Balaban J connectivity index is 1.88. The molecule has 1 saturated heterocycles. The van der Waals surface area contributed by atoms with E-state index in [-0.39, 0.29) is 11.7 Å². The summed E-state index contributed by atoms with van der Waals surface area (Å²) in [5.74, 6) is 1.23. The van der Waals surface area contributed by atoms with Crippen molar-refractivity contribution in [2.75, 3.05) is 13.2 Å².